The first-order chi connectivity index (χ1) is 62.6. The molecule has 6 heterocycles. The number of aromatic nitrogens is 4. The van der Waals surface area contributed by atoms with Gasteiger partial charge in [-0.3, -0.25) is 0 Å². The van der Waals surface area contributed by atoms with Crippen LogP contribution in [0.1, 0.15) is 12.0 Å². The molecule has 6 heteroatoms. The summed E-state index contributed by atoms with van der Waals surface area (Å²) < 4.78 is 24.5. The van der Waals surface area contributed by atoms with E-state index in [0.29, 0.717) is 0 Å². The second kappa shape index (κ2) is 28.5. The molecule has 0 bridgehead atoms. The summed E-state index contributed by atoms with van der Waals surface area (Å²) in [6.45, 7) is 0. The number of hydrogen-bond acceptors (Lipinski definition) is 2. The molecule has 24 aromatic rings. The topological polar surface area (TPSA) is 42.1 Å². The van der Waals surface area contributed by atoms with Gasteiger partial charge in [0.25, 0.3) is 0 Å². The van der Waals surface area contributed by atoms with E-state index in [1.807, 2.05) is 0 Å². The lowest BCUT2D eigenvalue weighted by Crippen LogP contribution is -2.12. The zero-order chi connectivity index (χ0) is 82.6. The Balaban J connectivity index is 0.666. The second-order valence-electron chi connectivity index (χ2n) is 33.4. The van der Waals surface area contributed by atoms with Crippen LogP contribution in [-0.2, 0) is 0 Å². The molecule has 0 fully saturated rings. The highest BCUT2D eigenvalue weighted by molar-refractivity contribution is 6.24. The van der Waals surface area contributed by atoms with Gasteiger partial charge in [-0.05, 0) is 186 Å². The fraction of sp³-hybridized carbons (Fsp3) is 0.0167. The largest absolute Gasteiger partial charge is 0.483 e. The zero-order valence-electron chi connectivity index (χ0n) is 68.5. The van der Waals surface area contributed by atoms with Crippen molar-refractivity contribution in [3.63, 3.8) is 0 Å². The predicted molar refractivity (Wildman–Crippen MR) is 526 cm³/mol. The van der Waals surface area contributed by atoms with E-state index >= 15 is 0 Å². The third-order valence-electron chi connectivity index (χ3n) is 26.7. The van der Waals surface area contributed by atoms with Gasteiger partial charge < -0.3 is 27.4 Å². The molecule has 19 aromatic carbocycles. The fourth-order valence-corrected chi connectivity index (χ4v) is 21.3. The summed E-state index contributed by atoms with van der Waals surface area (Å²) in [4.78, 5) is 0. The lowest BCUT2D eigenvalue weighted by Gasteiger charge is -2.18. The molecule has 26 rings (SSSR count). The Kier molecular flexibility index (Phi) is 16.1. The Morgan fingerprint density at radius 1 is 0.222 bits per heavy atom. The van der Waals surface area contributed by atoms with Gasteiger partial charge in [-0.15, -0.1) is 0 Å². The minimum atomic E-state index is -0.0924. The normalized spacial score (nSPS) is 13.2. The number of fused-ring (bicyclic) bond motifs is 18. The number of furan rings is 1. The number of para-hydroxylation sites is 6. The number of allylic oxidation sites excluding steroid dienone is 2. The van der Waals surface area contributed by atoms with Gasteiger partial charge >= 0.3 is 0 Å². The van der Waals surface area contributed by atoms with Crippen LogP contribution in [0.3, 0.4) is 0 Å². The molecule has 0 saturated heterocycles. The fourth-order valence-electron chi connectivity index (χ4n) is 21.3. The standard InChI is InChI=1S/C120H76N4O2/c1-5-33-75(34-6-1)82-41-13-15-44-87(82)90-65-69-109(119-117(90)95-50-22-29-61-112(95)125-119)123-103-57-27-19-47-92(103)114-85(52-31-59-107(114)123)79-63-68-106-99(72-79)89-46-18-25-55-101(89)121(106)105-67-64-80(71-97(105)78-39-11-4-12-40-78)98-73-81(74-111-116(98)94-49-21-26-56-102(94)122(111)100-54-24-17-43-84(100)77-37-9-3-10-38-77)86-53-32-60-108-115(86)93-48-20-28-58-104(93)124(108)110-70-66-91(118-96-51-23-30-62-113(96)126-120(110)118)88-45-16-14-42-83(88)76-35-7-2-8-36-76/h1-60,62-74,112H,61H2. The molecular formula is C120H76N4O2. The maximum atomic E-state index is 7.29. The van der Waals surface area contributed by atoms with E-state index in [1.54, 1.807) is 0 Å². The van der Waals surface area contributed by atoms with Gasteiger partial charge in [-0.25, -0.2) is 0 Å². The number of nitrogens with zero attached hydrogens (tertiary/aromatic N) is 4. The number of benzene rings is 19. The van der Waals surface area contributed by atoms with E-state index in [4.69, 9.17) is 9.15 Å². The van der Waals surface area contributed by atoms with Crippen molar-refractivity contribution in [2.45, 2.75) is 12.5 Å². The van der Waals surface area contributed by atoms with Crippen molar-refractivity contribution >= 4 is 115 Å². The van der Waals surface area contributed by atoms with Crippen LogP contribution in [0.25, 0.3) is 238 Å². The minimum Gasteiger partial charge on any atom is -0.483 e. The van der Waals surface area contributed by atoms with E-state index in [0.717, 1.165) is 179 Å². The second-order valence-corrected chi connectivity index (χ2v) is 33.4. The van der Waals surface area contributed by atoms with Gasteiger partial charge in [0, 0.05) is 82.5 Å². The van der Waals surface area contributed by atoms with Crippen molar-refractivity contribution in [3.8, 4) is 129 Å². The summed E-state index contributed by atoms with van der Waals surface area (Å²) in [7, 11) is 0. The highest BCUT2D eigenvalue weighted by Crippen LogP contribution is 2.55. The molecule has 126 heavy (non-hydrogen) atoms. The van der Waals surface area contributed by atoms with Gasteiger partial charge in [0.1, 0.15) is 11.7 Å². The summed E-state index contributed by atoms with van der Waals surface area (Å²) in [5, 5.41) is 11.5. The maximum Gasteiger partial charge on any atom is 0.160 e. The summed E-state index contributed by atoms with van der Waals surface area (Å²) in [5.74, 6) is 0.913. The molecule has 1 atom stereocenters. The van der Waals surface area contributed by atoms with Crippen molar-refractivity contribution in [1.82, 2.24) is 18.3 Å². The van der Waals surface area contributed by atoms with Crippen LogP contribution in [0.15, 0.2) is 447 Å². The molecule has 1 unspecified atom stereocenters. The smallest absolute Gasteiger partial charge is 0.160 e. The molecule has 0 saturated carbocycles. The first-order valence-corrected chi connectivity index (χ1v) is 43.5. The number of rotatable bonds is 13. The molecule has 0 amide bonds. The predicted octanol–water partition coefficient (Wildman–Crippen LogP) is 32.1. The SMILES string of the molecule is C1=CCC2Oc3c(-n4c5ccccc5c5c(-c6ccc7c(c6)c6ccccc6n7-c6ccc(-c7cc(-c8cccc9c8c8ccccc8n9-c8ccc(-c9ccccc9-c9ccccc9)c9c8oc8ccccc89)cc8c7c7ccccc7n8-c7ccccc7-c7ccccc7)cc6-c6ccccc6)cccc54)ccc(-c4ccccc4-c4ccccc4)c3C2=C1. The van der Waals surface area contributed by atoms with Gasteiger partial charge in [0.05, 0.1) is 66.9 Å². The Morgan fingerprint density at radius 3 is 1.27 bits per heavy atom. The van der Waals surface area contributed by atoms with Crippen molar-refractivity contribution in [1.29, 1.82) is 0 Å². The molecule has 0 spiro atoms. The zero-order valence-corrected chi connectivity index (χ0v) is 68.5. The Labute approximate surface area is 726 Å². The van der Waals surface area contributed by atoms with E-state index < -0.39 is 0 Å². The molecule has 1 aliphatic carbocycles. The van der Waals surface area contributed by atoms with Crippen LogP contribution in [-0.4, -0.2) is 24.4 Å². The first-order valence-electron chi connectivity index (χ1n) is 43.5. The van der Waals surface area contributed by atoms with E-state index in [1.165, 1.54) is 76.8 Å². The maximum absolute atomic E-state index is 7.29. The van der Waals surface area contributed by atoms with Crippen LogP contribution in [0.5, 0.6) is 5.75 Å². The number of hydrogen-bond donors (Lipinski definition) is 0. The summed E-state index contributed by atoms with van der Waals surface area (Å²) in [6.07, 6.45) is 7.42. The lowest BCUT2D eigenvalue weighted by atomic mass is 9.86. The van der Waals surface area contributed by atoms with Crippen LogP contribution in [0.2, 0.25) is 0 Å². The van der Waals surface area contributed by atoms with Crippen molar-refractivity contribution in [2.75, 3.05) is 0 Å². The Morgan fingerprint density at radius 2 is 0.635 bits per heavy atom. The quantitative estimate of drug-likeness (QED) is 0.115. The molecular weight excluding hydrogens is 1530 g/mol. The van der Waals surface area contributed by atoms with E-state index in [-0.39, 0.29) is 6.10 Å². The third-order valence-corrected chi connectivity index (χ3v) is 26.7. The molecule has 588 valence electrons. The Bertz CT molecular complexity index is 8710. The molecule has 6 nitrogen and oxygen atoms in total. The van der Waals surface area contributed by atoms with Gasteiger partial charge in [-0.2, -0.15) is 0 Å². The number of ether oxygens (including phenoxy) is 1. The van der Waals surface area contributed by atoms with E-state index in [9.17, 15) is 0 Å². The summed E-state index contributed by atoms with van der Waals surface area (Å²) >= 11 is 0. The average Bonchev–Trinajstić information content (AvgIpc) is 1.57. The molecule has 5 aromatic heterocycles. The molecule has 1 aliphatic heterocycles. The highest BCUT2D eigenvalue weighted by Gasteiger charge is 2.36. The van der Waals surface area contributed by atoms with Crippen molar-refractivity contribution in [3.05, 3.63) is 448 Å². The molecule has 0 radical (unpaired) electrons. The van der Waals surface area contributed by atoms with Gasteiger partial charge in [0.15, 0.2) is 11.3 Å². The third kappa shape index (κ3) is 10.9. The van der Waals surface area contributed by atoms with Crippen molar-refractivity contribution < 1.29 is 9.15 Å². The van der Waals surface area contributed by atoms with Gasteiger partial charge in [0.2, 0.25) is 0 Å². The van der Waals surface area contributed by atoms with Crippen LogP contribution >= 0.6 is 0 Å². The highest BCUT2D eigenvalue weighted by atomic mass is 16.5. The summed E-state index contributed by atoms with van der Waals surface area (Å²) in [6, 6.07) is 157. The molecule has 0 N–H and O–H groups in total. The average molecular weight is 1610 g/mol. The van der Waals surface area contributed by atoms with E-state index in [2.05, 4.69) is 461 Å². The molecule has 2 aliphatic rings. The monoisotopic (exact) mass is 1600 g/mol. The van der Waals surface area contributed by atoms with Crippen LogP contribution in [0, 0.1) is 0 Å². The van der Waals surface area contributed by atoms with Crippen molar-refractivity contribution in [2.24, 2.45) is 0 Å². The minimum absolute atomic E-state index is 0.0924. The first kappa shape index (κ1) is 71.2. The van der Waals surface area contributed by atoms with Crippen LogP contribution < -0.4 is 4.74 Å². The Hall–Kier alpha value is -16.5. The summed E-state index contributed by atoms with van der Waals surface area (Å²) in [5.41, 5.74) is 37.7. The lowest BCUT2D eigenvalue weighted by molar-refractivity contribution is 0.278. The van der Waals surface area contributed by atoms with Crippen LogP contribution in [0.4, 0.5) is 0 Å². The van der Waals surface area contributed by atoms with Gasteiger partial charge in [-0.1, -0.05) is 346 Å².